The Kier molecular flexibility index (Phi) is 3.55. The van der Waals surface area contributed by atoms with Crippen LogP contribution in [0.4, 0.5) is 14.5 Å². The molecule has 0 aliphatic heterocycles. The van der Waals surface area contributed by atoms with Crippen LogP contribution < -0.4 is 5.32 Å². The first kappa shape index (κ1) is 13.2. The van der Waals surface area contributed by atoms with Crippen LogP contribution in [0.1, 0.15) is 5.56 Å². The highest BCUT2D eigenvalue weighted by Gasteiger charge is 2.02. The van der Waals surface area contributed by atoms with Gasteiger partial charge < -0.3 is 5.32 Å². The topological polar surface area (TPSA) is 55.6 Å². The quantitative estimate of drug-likeness (QED) is 0.801. The number of nitrogens with zero attached hydrogens (tertiary/aromatic N) is 4. The minimum atomic E-state index is -0.591. The van der Waals surface area contributed by atoms with E-state index in [0.717, 1.165) is 11.8 Å². The summed E-state index contributed by atoms with van der Waals surface area (Å²) in [5, 5.41) is 7.02. The summed E-state index contributed by atoms with van der Waals surface area (Å²) in [7, 11) is 0. The van der Waals surface area contributed by atoms with Crippen LogP contribution in [0.15, 0.2) is 49.2 Å². The molecule has 106 valence electrons. The van der Waals surface area contributed by atoms with E-state index < -0.39 is 11.6 Å². The molecule has 0 aliphatic rings. The first-order chi connectivity index (χ1) is 10.2. The van der Waals surface area contributed by atoms with Crippen molar-refractivity contribution in [2.75, 3.05) is 5.32 Å². The Morgan fingerprint density at radius 1 is 1.10 bits per heavy atom. The van der Waals surface area contributed by atoms with Gasteiger partial charge in [-0.2, -0.15) is 5.10 Å². The third kappa shape index (κ3) is 3.19. The van der Waals surface area contributed by atoms with Gasteiger partial charge in [0.25, 0.3) is 0 Å². The second-order valence-electron chi connectivity index (χ2n) is 4.38. The second-order valence-corrected chi connectivity index (χ2v) is 4.38. The van der Waals surface area contributed by atoms with Crippen LogP contribution in [-0.2, 0) is 6.54 Å². The Morgan fingerprint density at radius 3 is 2.52 bits per heavy atom. The zero-order valence-electron chi connectivity index (χ0n) is 10.9. The fourth-order valence-electron chi connectivity index (χ4n) is 1.87. The number of nitrogens with one attached hydrogen (secondary N) is 1. The molecule has 2 aromatic heterocycles. The van der Waals surface area contributed by atoms with Gasteiger partial charge in [0.1, 0.15) is 24.3 Å². The molecule has 1 aromatic carbocycles. The molecule has 3 rings (SSSR count). The van der Waals surface area contributed by atoms with Gasteiger partial charge in [-0.15, -0.1) is 0 Å². The summed E-state index contributed by atoms with van der Waals surface area (Å²) < 4.78 is 27.7. The van der Waals surface area contributed by atoms with Crippen molar-refractivity contribution in [3.05, 3.63) is 66.4 Å². The van der Waals surface area contributed by atoms with Gasteiger partial charge in [0.05, 0.1) is 11.9 Å². The molecule has 21 heavy (non-hydrogen) atoms. The number of aromatic nitrogens is 4. The van der Waals surface area contributed by atoms with Gasteiger partial charge in [-0.3, -0.25) is 0 Å². The van der Waals surface area contributed by atoms with Crippen molar-refractivity contribution >= 4 is 5.69 Å². The van der Waals surface area contributed by atoms with Crippen LogP contribution in [0.3, 0.4) is 0 Å². The van der Waals surface area contributed by atoms with E-state index >= 15 is 0 Å². The molecular formula is C14H11F2N5. The van der Waals surface area contributed by atoms with Gasteiger partial charge in [0, 0.05) is 12.6 Å². The van der Waals surface area contributed by atoms with E-state index in [1.54, 1.807) is 24.7 Å². The normalized spacial score (nSPS) is 10.6. The summed E-state index contributed by atoms with van der Waals surface area (Å²) >= 11 is 0. The van der Waals surface area contributed by atoms with Crippen molar-refractivity contribution < 1.29 is 8.78 Å². The third-order valence-electron chi connectivity index (χ3n) is 2.82. The van der Waals surface area contributed by atoms with Crippen LogP contribution in [0, 0.1) is 11.6 Å². The van der Waals surface area contributed by atoms with Crippen molar-refractivity contribution in [1.29, 1.82) is 0 Å². The second kappa shape index (κ2) is 5.66. The molecule has 0 amide bonds. The van der Waals surface area contributed by atoms with Crippen LogP contribution in [0.2, 0.25) is 0 Å². The molecule has 0 unspecified atom stereocenters. The lowest BCUT2D eigenvalue weighted by Crippen LogP contribution is -2.02. The number of pyridine rings is 1. The van der Waals surface area contributed by atoms with Crippen LogP contribution in [0.25, 0.3) is 5.82 Å². The lowest BCUT2D eigenvalue weighted by atomic mass is 10.2. The van der Waals surface area contributed by atoms with Gasteiger partial charge >= 0.3 is 0 Å². The highest BCUT2D eigenvalue weighted by atomic mass is 19.1. The lowest BCUT2D eigenvalue weighted by Gasteiger charge is -2.07. The zero-order chi connectivity index (χ0) is 14.7. The molecule has 0 atom stereocenters. The van der Waals surface area contributed by atoms with Gasteiger partial charge in [-0.05, 0) is 29.8 Å². The maximum Gasteiger partial charge on any atom is 0.155 e. The molecule has 0 radical (unpaired) electrons. The Hall–Kier alpha value is -2.83. The Balaban J connectivity index is 1.68. The van der Waals surface area contributed by atoms with Crippen molar-refractivity contribution in [2.45, 2.75) is 6.54 Å². The standard InChI is InChI=1S/C14H11F2N5/c15-11-3-10(4-12(16)5-11)6-18-13-1-2-14(19-7-13)21-9-17-8-20-21/h1-5,7-9,18H,6H2. The molecule has 0 saturated heterocycles. The first-order valence-electron chi connectivity index (χ1n) is 6.20. The molecule has 1 N–H and O–H groups in total. The van der Waals surface area contributed by atoms with E-state index in [0.29, 0.717) is 17.9 Å². The minimum absolute atomic E-state index is 0.305. The zero-order valence-corrected chi connectivity index (χ0v) is 10.9. The first-order valence-corrected chi connectivity index (χ1v) is 6.20. The number of rotatable bonds is 4. The third-order valence-corrected chi connectivity index (χ3v) is 2.82. The molecule has 0 fully saturated rings. The molecule has 5 nitrogen and oxygen atoms in total. The summed E-state index contributed by atoms with van der Waals surface area (Å²) in [4.78, 5) is 8.06. The lowest BCUT2D eigenvalue weighted by molar-refractivity contribution is 0.580. The fourth-order valence-corrected chi connectivity index (χ4v) is 1.87. The Morgan fingerprint density at radius 2 is 1.90 bits per heavy atom. The monoisotopic (exact) mass is 287 g/mol. The number of hydrogen-bond donors (Lipinski definition) is 1. The van der Waals surface area contributed by atoms with Crippen LogP contribution in [0.5, 0.6) is 0 Å². The summed E-state index contributed by atoms with van der Waals surface area (Å²) in [5.74, 6) is -0.548. The summed E-state index contributed by atoms with van der Waals surface area (Å²) in [6.07, 6.45) is 4.59. The molecule has 3 aromatic rings. The van der Waals surface area contributed by atoms with Crippen LogP contribution >= 0.6 is 0 Å². The summed E-state index contributed by atoms with van der Waals surface area (Å²) in [6.45, 7) is 0.305. The van der Waals surface area contributed by atoms with Gasteiger partial charge in [0.15, 0.2) is 5.82 Å². The molecular weight excluding hydrogens is 276 g/mol. The Labute approximate surface area is 119 Å². The van der Waals surface area contributed by atoms with Crippen molar-refractivity contribution in [1.82, 2.24) is 19.7 Å². The number of anilines is 1. The SMILES string of the molecule is Fc1cc(F)cc(CNc2ccc(-n3cncn3)nc2)c1. The van der Waals surface area contributed by atoms with E-state index in [9.17, 15) is 8.78 Å². The number of halogens is 2. The van der Waals surface area contributed by atoms with E-state index in [4.69, 9.17) is 0 Å². The van der Waals surface area contributed by atoms with E-state index in [1.807, 2.05) is 0 Å². The van der Waals surface area contributed by atoms with E-state index in [2.05, 4.69) is 20.4 Å². The molecule has 7 heteroatoms. The number of benzene rings is 1. The van der Waals surface area contributed by atoms with E-state index in [-0.39, 0.29) is 0 Å². The molecule has 0 aliphatic carbocycles. The average Bonchev–Trinajstić information content (AvgIpc) is 2.99. The van der Waals surface area contributed by atoms with Crippen molar-refractivity contribution in [2.24, 2.45) is 0 Å². The number of hydrogen-bond acceptors (Lipinski definition) is 4. The van der Waals surface area contributed by atoms with Crippen molar-refractivity contribution in [3.8, 4) is 5.82 Å². The largest absolute Gasteiger partial charge is 0.380 e. The van der Waals surface area contributed by atoms with Crippen LogP contribution in [-0.4, -0.2) is 19.7 Å². The fraction of sp³-hybridized carbons (Fsp3) is 0.0714. The highest BCUT2D eigenvalue weighted by molar-refractivity contribution is 5.44. The Bertz CT molecular complexity index is 705. The minimum Gasteiger partial charge on any atom is -0.380 e. The predicted molar refractivity (Wildman–Crippen MR) is 72.8 cm³/mol. The predicted octanol–water partition coefficient (Wildman–Crippen LogP) is 2.55. The van der Waals surface area contributed by atoms with Crippen molar-refractivity contribution in [3.63, 3.8) is 0 Å². The van der Waals surface area contributed by atoms with E-state index in [1.165, 1.54) is 23.1 Å². The molecule has 2 heterocycles. The highest BCUT2D eigenvalue weighted by Crippen LogP contribution is 2.12. The van der Waals surface area contributed by atoms with Gasteiger partial charge in [0.2, 0.25) is 0 Å². The van der Waals surface area contributed by atoms with Gasteiger partial charge in [-0.1, -0.05) is 0 Å². The average molecular weight is 287 g/mol. The maximum absolute atomic E-state index is 13.1. The summed E-state index contributed by atoms with van der Waals surface area (Å²) in [5.41, 5.74) is 1.26. The maximum atomic E-state index is 13.1. The molecule has 0 saturated carbocycles. The smallest absolute Gasteiger partial charge is 0.155 e. The van der Waals surface area contributed by atoms with Gasteiger partial charge in [-0.25, -0.2) is 23.4 Å². The molecule has 0 bridgehead atoms. The molecule has 0 spiro atoms. The summed E-state index contributed by atoms with van der Waals surface area (Å²) in [6, 6.07) is 6.99.